The molecule has 2 aromatic rings. The number of fused-ring (bicyclic) bond motifs is 1. The van der Waals surface area contributed by atoms with E-state index in [4.69, 9.17) is 0 Å². The van der Waals surface area contributed by atoms with Gasteiger partial charge in [0.25, 0.3) is 0 Å². The molecule has 0 aliphatic carbocycles. The SMILES string of the molecule is CC(C)CNC(=O)Cc1c[nH]c2ncccc12. The Bertz CT molecular complexity index is 516. The van der Waals surface area contributed by atoms with E-state index in [0.29, 0.717) is 12.3 Å². The van der Waals surface area contributed by atoms with Gasteiger partial charge in [0.2, 0.25) is 5.91 Å². The van der Waals surface area contributed by atoms with Gasteiger partial charge in [-0.25, -0.2) is 4.98 Å². The van der Waals surface area contributed by atoms with Crippen LogP contribution in [0.25, 0.3) is 11.0 Å². The van der Waals surface area contributed by atoms with Crippen molar-refractivity contribution in [2.24, 2.45) is 5.92 Å². The summed E-state index contributed by atoms with van der Waals surface area (Å²) in [6.07, 6.45) is 3.99. The van der Waals surface area contributed by atoms with Crippen LogP contribution in [0.15, 0.2) is 24.5 Å². The third kappa shape index (κ3) is 2.84. The molecule has 2 rings (SSSR count). The molecule has 4 heteroatoms. The Morgan fingerprint density at radius 1 is 1.53 bits per heavy atom. The summed E-state index contributed by atoms with van der Waals surface area (Å²) in [4.78, 5) is 19.0. The lowest BCUT2D eigenvalue weighted by atomic mass is 10.1. The summed E-state index contributed by atoms with van der Waals surface area (Å²) in [5, 5.41) is 3.93. The van der Waals surface area contributed by atoms with Crippen molar-refractivity contribution in [3.63, 3.8) is 0 Å². The number of pyridine rings is 1. The molecule has 0 saturated heterocycles. The second kappa shape index (κ2) is 4.99. The maximum Gasteiger partial charge on any atom is 0.224 e. The Balaban J connectivity index is 2.06. The number of rotatable bonds is 4. The van der Waals surface area contributed by atoms with E-state index in [1.165, 1.54) is 0 Å². The van der Waals surface area contributed by atoms with Gasteiger partial charge in [-0.05, 0) is 23.6 Å². The number of nitrogens with one attached hydrogen (secondary N) is 2. The minimum absolute atomic E-state index is 0.0588. The van der Waals surface area contributed by atoms with Crippen LogP contribution in [0.5, 0.6) is 0 Å². The van der Waals surface area contributed by atoms with Crippen LogP contribution in [-0.2, 0) is 11.2 Å². The number of amides is 1. The Kier molecular flexibility index (Phi) is 3.42. The van der Waals surface area contributed by atoms with Gasteiger partial charge in [-0.1, -0.05) is 13.8 Å². The number of H-pyrrole nitrogens is 1. The van der Waals surface area contributed by atoms with Crippen LogP contribution >= 0.6 is 0 Å². The van der Waals surface area contributed by atoms with E-state index in [9.17, 15) is 4.79 Å². The van der Waals surface area contributed by atoms with Crippen molar-refractivity contribution in [1.29, 1.82) is 0 Å². The van der Waals surface area contributed by atoms with E-state index in [2.05, 4.69) is 29.1 Å². The van der Waals surface area contributed by atoms with Gasteiger partial charge in [0.05, 0.1) is 6.42 Å². The molecule has 0 spiro atoms. The lowest BCUT2D eigenvalue weighted by Gasteiger charge is -2.06. The molecule has 90 valence electrons. The Morgan fingerprint density at radius 3 is 3.12 bits per heavy atom. The molecule has 17 heavy (non-hydrogen) atoms. The molecule has 0 saturated carbocycles. The summed E-state index contributed by atoms with van der Waals surface area (Å²) in [5.41, 5.74) is 1.83. The van der Waals surface area contributed by atoms with Gasteiger partial charge in [0, 0.05) is 24.3 Å². The minimum atomic E-state index is 0.0588. The van der Waals surface area contributed by atoms with Gasteiger partial charge < -0.3 is 10.3 Å². The number of aromatic nitrogens is 2. The zero-order chi connectivity index (χ0) is 12.3. The molecule has 2 heterocycles. The molecule has 0 fully saturated rings. The molecule has 2 N–H and O–H groups in total. The highest BCUT2D eigenvalue weighted by Gasteiger charge is 2.08. The second-order valence-electron chi connectivity index (χ2n) is 4.59. The maximum absolute atomic E-state index is 11.7. The van der Waals surface area contributed by atoms with Crippen LogP contribution in [0.1, 0.15) is 19.4 Å². The highest BCUT2D eigenvalue weighted by atomic mass is 16.1. The van der Waals surface area contributed by atoms with Gasteiger partial charge in [-0.3, -0.25) is 4.79 Å². The van der Waals surface area contributed by atoms with E-state index in [1.54, 1.807) is 6.20 Å². The average Bonchev–Trinajstić information content (AvgIpc) is 2.70. The van der Waals surface area contributed by atoms with Crippen molar-refractivity contribution in [1.82, 2.24) is 15.3 Å². The standard InChI is InChI=1S/C13H17N3O/c1-9(2)7-15-12(17)6-10-8-16-13-11(10)4-3-5-14-13/h3-5,8-9H,6-7H2,1-2H3,(H,14,16)(H,15,17). The third-order valence-electron chi connectivity index (χ3n) is 2.60. The Morgan fingerprint density at radius 2 is 2.35 bits per heavy atom. The minimum Gasteiger partial charge on any atom is -0.356 e. The number of carbonyl (C=O) groups is 1. The van der Waals surface area contributed by atoms with Crippen LogP contribution in [0.4, 0.5) is 0 Å². The third-order valence-corrected chi connectivity index (χ3v) is 2.60. The summed E-state index contributed by atoms with van der Waals surface area (Å²) >= 11 is 0. The van der Waals surface area contributed by atoms with E-state index in [1.807, 2.05) is 18.3 Å². The summed E-state index contributed by atoms with van der Waals surface area (Å²) in [5.74, 6) is 0.534. The summed E-state index contributed by atoms with van der Waals surface area (Å²) in [7, 11) is 0. The van der Waals surface area contributed by atoms with Crippen molar-refractivity contribution in [2.75, 3.05) is 6.54 Å². The molecule has 2 aromatic heterocycles. The van der Waals surface area contributed by atoms with Crippen molar-refractivity contribution in [3.05, 3.63) is 30.1 Å². The summed E-state index contributed by atoms with van der Waals surface area (Å²) < 4.78 is 0. The molecule has 0 radical (unpaired) electrons. The molecule has 0 aliphatic rings. The first kappa shape index (κ1) is 11.6. The van der Waals surface area contributed by atoms with Crippen LogP contribution in [0.3, 0.4) is 0 Å². The fourth-order valence-electron chi connectivity index (χ4n) is 1.71. The molecule has 0 aliphatic heterocycles. The van der Waals surface area contributed by atoms with Crippen LogP contribution in [0, 0.1) is 5.92 Å². The molecular weight excluding hydrogens is 214 g/mol. The lowest BCUT2D eigenvalue weighted by molar-refractivity contribution is -0.120. The predicted octanol–water partition coefficient (Wildman–Crippen LogP) is 1.88. The summed E-state index contributed by atoms with van der Waals surface area (Å²) in [6.45, 7) is 4.88. The number of aromatic amines is 1. The van der Waals surface area contributed by atoms with Gasteiger partial charge in [0.1, 0.15) is 5.65 Å². The molecule has 4 nitrogen and oxygen atoms in total. The van der Waals surface area contributed by atoms with Crippen LogP contribution in [0.2, 0.25) is 0 Å². The van der Waals surface area contributed by atoms with Crippen molar-refractivity contribution in [3.8, 4) is 0 Å². The normalized spacial score (nSPS) is 11.0. The molecular formula is C13H17N3O. The zero-order valence-corrected chi connectivity index (χ0v) is 10.2. The van der Waals surface area contributed by atoms with Gasteiger partial charge in [0.15, 0.2) is 0 Å². The van der Waals surface area contributed by atoms with Crippen LogP contribution < -0.4 is 5.32 Å². The topological polar surface area (TPSA) is 57.8 Å². The monoisotopic (exact) mass is 231 g/mol. The highest BCUT2D eigenvalue weighted by Crippen LogP contribution is 2.15. The van der Waals surface area contributed by atoms with Gasteiger partial charge in [-0.2, -0.15) is 0 Å². The quantitative estimate of drug-likeness (QED) is 0.844. The van der Waals surface area contributed by atoms with Gasteiger partial charge >= 0.3 is 0 Å². The lowest BCUT2D eigenvalue weighted by Crippen LogP contribution is -2.28. The number of hydrogen-bond acceptors (Lipinski definition) is 2. The fraction of sp³-hybridized carbons (Fsp3) is 0.385. The number of hydrogen-bond donors (Lipinski definition) is 2. The largest absolute Gasteiger partial charge is 0.356 e. The van der Waals surface area contributed by atoms with Crippen LogP contribution in [-0.4, -0.2) is 22.4 Å². The molecule has 1 amide bonds. The predicted molar refractivity (Wildman–Crippen MR) is 67.6 cm³/mol. The fourth-order valence-corrected chi connectivity index (χ4v) is 1.71. The number of carbonyl (C=O) groups excluding carboxylic acids is 1. The highest BCUT2D eigenvalue weighted by molar-refractivity contribution is 5.86. The second-order valence-corrected chi connectivity index (χ2v) is 4.59. The average molecular weight is 231 g/mol. The van der Waals surface area contributed by atoms with Crippen molar-refractivity contribution >= 4 is 16.9 Å². The summed E-state index contributed by atoms with van der Waals surface area (Å²) in [6, 6.07) is 3.86. The van der Waals surface area contributed by atoms with E-state index in [0.717, 1.165) is 23.1 Å². The number of nitrogens with zero attached hydrogens (tertiary/aromatic N) is 1. The molecule has 0 aromatic carbocycles. The van der Waals surface area contributed by atoms with E-state index >= 15 is 0 Å². The molecule has 0 unspecified atom stereocenters. The zero-order valence-electron chi connectivity index (χ0n) is 10.2. The smallest absolute Gasteiger partial charge is 0.224 e. The first-order valence-electron chi connectivity index (χ1n) is 5.84. The van der Waals surface area contributed by atoms with Crippen molar-refractivity contribution < 1.29 is 4.79 Å². The molecule has 0 bridgehead atoms. The Labute approximate surface area is 100 Å². The first-order valence-corrected chi connectivity index (χ1v) is 5.84. The molecule has 0 atom stereocenters. The van der Waals surface area contributed by atoms with E-state index < -0.39 is 0 Å². The van der Waals surface area contributed by atoms with Crippen molar-refractivity contribution in [2.45, 2.75) is 20.3 Å². The van der Waals surface area contributed by atoms with Gasteiger partial charge in [-0.15, -0.1) is 0 Å². The Hall–Kier alpha value is -1.84. The van der Waals surface area contributed by atoms with E-state index in [-0.39, 0.29) is 5.91 Å². The maximum atomic E-state index is 11.7. The first-order chi connectivity index (χ1) is 8.16.